The van der Waals surface area contributed by atoms with Gasteiger partial charge >= 0.3 is 5.97 Å². The Balaban J connectivity index is 0.00000102. The Labute approximate surface area is 222 Å². The van der Waals surface area contributed by atoms with E-state index in [0.29, 0.717) is 11.9 Å². The van der Waals surface area contributed by atoms with Crippen molar-refractivity contribution in [3.63, 3.8) is 0 Å². The van der Waals surface area contributed by atoms with Crippen molar-refractivity contribution >= 4 is 12.3 Å². The molecule has 2 aromatic carbocycles. The highest BCUT2D eigenvalue weighted by Crippen LogP contribution is 2.20. The van der Waals surface area contributed by atoms with Gasteiger partial charge in [-0.2, -0.15) is 0 Å². The molecule has 1 atom stereocenters. The lowest BCUT2D eigenvalue weighted by atomic mass is 9.94. The summed E-state index contributed by atoms with van der Waals surface area (Å²) >= 11 is 0. The second-order valence-corrected chi connectivity index (χ2v) is 9.35. The highest BCUT2D eigenvalue weighted by molar-refractivity contribution is 5.86. The summed E-state index contributed by atoms with van der Waals surface area (Å²) in [4.78, 5) is 21.1. The van der Waals surface area contributed by atoms with Gasteiger partial charge in [-0.3, -0.25) is 4.79 Å². The number of aliphatic hydroxyl groups is 2. The standard InChI is InChI=1S/C28H38O3.C4H6O2/c1-5-7-8-9-25-17-14-23(18-24(25)6-2)11-10-22-12-15-26(16-13-22)27(19-29)20-31-28(30)21(3)4;1-4(2-5)3-6/h12-18,27,29H,3,5-11,19-20H2,1-2,4H3;2,6H,1,3H2. The minimum atomic E-state index is -0.419. The summed E-state index contributed by atoms with van der Waals surface area (Å²) < 4.78 is 5.21. The number of hydrogen-bond donors (Lipinski definition) is 2. The monoisotopic (exact) mass is 508 g/mol. The molecule has 0 amide bonds. The number of carbonyl (C=O) groups is 2. The molecular weight excluding hydrogens is 464 g/mol. The van der Waals surface area contributed by atoms with E-state index >= 15 is 0 Å². The summed E-state index contributed by atoms with van der Waals surface area (Å²) in [6, 6.07) is 15.3. The van der Waals surface area contributed by atoms with Crippen LogP contribution in [-0.4, -0.2) is 42.3 Å². The molecule has 0 aliphatic heterocycles. The van der Waals surface area contributed by atoms with Crippen molar-refractivity contribution in [3.05, 3.63) is 94.6 Å². The van der Waals surface area contributed by atoms with E-state index in [9.17, 15) is 14.7 Å². The molecule has 0 radical (unpaired) electrons. The van der Waals surface area contributed by atoms with E-state index in [1.807, 2.05) is 12.1 Å². The topological polar surface area (TPSA) is 83.8 Å². The number of aliphatic hydroxyl groups excluding tert-OH is 2. The smallest absolute Gasteiger partial charge is 0.333 e. The van der Waals surface area contributed by atoms with E-state index in [0.717, 1.165) is 24.8 Å². The van der Waals surface area contributed by atoms with Crippen LogP contribution in [0.4, 0.5) is 0 Å². The second-order valence-electron chi connectivity index (χ2n) is 9.35. The average Bonchev–Trinajstić information content (AvgIpc) is 2.93. The molecule has 0 saturated carbocycles. The summed E-state index contributed by atoms with van der Waals surface area (Å²) in [5, 5.41) is 17.7. The van der Waals surface area contributed by atoms with Gasteiger partial charge in [0.15, 0.2) is 0 Å². The zero-order valence-corrected chi connectivity index (χ0v) is 22.8. The fourth-order valence-corrected chi connectivity index (χ4v) is 3.81. The molecule has 202 valence electrons. The van der Waals surface area contributed by atoms with E-state index in [-0.39, 0.29) is 31.3 Å². The minimum absolute atomic E-state index is 0.0623. The van der Waals surface area contributed by atoms with Crippen LogP contribution in [-0.2, 0) is 40.0 Å². The predicted molar refractivity (Wildman–Crippen MR) is 151 cm³/mol. The molecule has 0 aliphatic carbocycles. The van der Waals surface area contributed by atoms with Crippen LogP contribution in [0.2, 0.25) is 0 Å². The molecule has 37 heavy (non-hydrogen) atoms. The number of aldehydes is 1. The molecule has 0 spiro atoms. The molecule has 5 heteroatoms. The van der Waals surface area contributed by atoms with Gasteiger partial charge in [0.05, 0.1) is 13.2 Å². The number of aryl methyl sites for hydroxylation is 4. The lowest BCUT2D eigenvalue weighted by molar-refractivity contribution is -0.139. The summed E-state index contributed by atoms with van der Waals surface area (Å²) in [5.41, 5.74) is 7.21. The van der Waals surface area contributed by atoms with Crippen molar-refractivity contribution in [1.29, 1.82) is 0 Å². The average molecular weight is 509 g/mol. The minimum Gasteiger partial charge on any atom is -0.462 e. The van der Waals surface area contributed by atoms with Gasteiger partial charge in [-0.1, -0.05) is 82.3 Å². The van der Waals surface area contributed by atoms with E-state index in [1.54, 1.807) is 6.92 Å². The first-order chi connectivity index (χ1) is 17.8. The number of carbonyl (C=O) groups excluding carboxylic acids is 2. The molecular formula is C32H44O5. The fourth-order valence-electron chi connectivity index (χ4n) is 3.81. The van der Waals surface area contributed by atoms with E-state index < -0.39 is 5.97 Å². The molecule has 2 rings (SSSR count). The van der Waals surface area contributed by atoms with Crippen LogP contribution in [0.15, 0.2) is 66.8 Å². The molecule has 2 N–H and O–H groups in total. The van der Waals surface area contributed by atoms with Gasteiger partial charge in [0.25, 0.3) is 0 Å². The number of esters is 1. The Kier molecular flexibility index (Phi) is 15.8. The first-order valence-corrected chi connectivity index (χ1v) is 13.2. The number of ether oxygens (including phenoxy) is 1. The van der Waals surface area contributed by atoms with Gasteiger partial charge < -0.3 is 14.9 Å². The lowest BCUT2D eigenvalue weighted by Crippen LogP contribution is -2.16. The van der Waals surface area contributed by atoms with Crippen molar-refractivity contribution in [2.75, 3.05) is 19.8 Å². The van der Waals surface area contributed by atoms with E-state index in [4.69, 9.17) is 9.84 Å². The van der Waals surface area contributed by atoms with Crippen LogP contribution >= 0.6 is 0 Å². The molecule has 5 nitrogen and oxygen atoms in total. The maximum absolute atomic E-state index is 11.6. The number of unbranched alkanes of at least 4 members (excludes halogenated alkanes) is 2. The quantitative estimate of drug-likeness (QED) is 0.140. The third kappa shape index (κ3) is 12.2. The molecule has 0 fully saturated rings. The van der Waals surface area contributed by atoms with Crippen LogP contribution in [0.5, 0.6) is 0 Å². The van der Waals surface area contributed by atoms with Crippen molar-refractivity contribution < 1.29 is 24.5 Å². The SMILES string of the molecule is C=C(C)C(=O)OCC(CO)c1ccc(CCc2ccc(CCCCC)c(CC)c2)cc1.C=C(C=O)CO. The Bertz CT molecular complexity index is 991. The maximum Gasteiger partial charge on any atom is 0.333 e. The van der Waals surface area contributed by atoms with Crippen molar-refractivity contribution in [2.45, 2.75) is 71.6 Å². The van der Waals surface area contributed by atoms with Gasteiger partial charge in [-0.05, 0) is 66.8 Å². The molecule has 2 aromatic rings. The Hall–Kier alpha value is -3.02. The molecule has 0 saturated heterocycles. The molecule has 0 aromatic heterocycles. The molecule has 0 aliphatic rings. The normalized spacial score (nSPS) is 11.2. The predicted octanol–water partition coefficient (Wildman–Crippen LogP) is 5.70. The van der Waals surface area contributed by atoms with Crippen LogP contribution in [0.1, 0.15) is 73.8 Å². The van der Waals surface area contributed by atoms with Gasteiger partial charge in [0.2, 0.25) is 0 Å². The fraction of sp³-hybridized carbons (Fsp3) is 0.438. The zero-order valence-electron chi connectivity index (χ0n) is 22.8. The Morgan fingerprint density at radius 2 is 1.59 bits per heavy atom. The summed E-state index contributed by atoms with van der Waals surface area (Å²) in [5.74, 6) is -0.636. The highest BCUT2D eigenvalue weighted by Gasteiger charge is 2.14. The van der Waals surface area contributed by atoms with Gasteiger partial charge in [0, 0.05) is 17.1 Å². The molecule has 0 bridgehead atoms. The van der Waals surface area contributed by atoms with Crippen molar-refractivity contribution in [3.8, 4) is 0 Å². The van der Waals surface area contributed by atoms with Crippen LogP contribution in [0.3, 0.4) is 0 Å². The van der Waals surface area contributed by atoms with Crippen LogP contribution in [0, 0.1) is 0 Å². The van der Waals surface area contributed by atoms with Gasteiger partial charge in [-0.15, -0.1) is 0 Å². The van der Waals surface area contributed by atoms with Crippen LogP contribution in [0.25, 0.3) is 0 Å². The summed E-state index contributed by atoms with van der Waals surface area (Å²) in [6.07, 6.45) is 8.63. The zero-order chi connectivity index (χ0) is 27.6. The first-order valence-electron chi connectivity index (χ1n) is 13.2. The van der Waals surface area contributed by atoms with Gasteiger partial charge in [-0.25, -0.2) is 4.79 Å². The number of rotatable bonds is 15. The highest BCUT2D eigenvalue weighted by atomic mass is 16.5. The number of benzene rings is 2. The Morgan fingerprint density at radius 1 is 0.946 bits per heavy atom. The van der Waals surface area contributed by atoms with E-state index in [1.165, 1.54) is 47.9 Å². The summed E-state index contributed by atoms with van der Waals surface area (Å²) in [7, 11) is 0. The first kappa shape index (κ1) is 32.0. The lowest BCUT2D eigenvalue weighted by Gasteiger charge is -2.15. The van der Waals surface area contributed by atoms with Crippen molar-refractivity contribution in [2.24, 2.45) is 0 Å². The molecule has 0 heterocycles. The summed E-state index contributed by atoms with van der Waals surface area (Å²) in [6.45, 7) is 12.7. The van der Waals surface area contributed by atoms with E-state index in [2.05, 4.69) is 57.3 Å². The largest absolute Gasteiger partial charge is 0.462 e. The molecule has 1 unspecified atom stereocenters. The Morgan fingerprint density at radius 3 is 2.11 bits per heavy atom. The van der Waals surface area contributed by atoms with Crippen LogP contribution < -0.4 is 0 Å². The third-order valence-electron chi connectivity index (χ3n) is 6.21. The maximum atomic E-state index is 11.6. The van der Waals surface area contributed by atoms with Crippen molar-refractivity contribution in [1.82, 2.24) is 0 Å². The number of hydrogen-bond acceptors (Lipinski definition) is 5. The van der Waals surface area contributed by atoms with Gasteiger partial charge in [0.1, 0.15) is 12.9 Å². The third-order valence-corrected chi connectivity index (χ3v) is 6.21. The second kappa shape index (κ2) is 18.3.